The third kappa shape index (κ3) is 2.49. The van der Waals surface area contributed by atoms with Gasteiger partial charge in [0.2, 0.25) is 0 Å². The van der Waals surface area contributed by atoms with Crippen molar-refractivity contribution >= 4 is 5.97 Å². The van der Waals surface area contributed by atoms with Crippen molar-refractivity contribution in [2.75, 3.05) is 19.6 Å². The number of carbonyl (C=O) groups is 1. The van der Waals surface area contributed by atoms with Crippen LogP contribution in [-0.2, 0) is 4.79 Å². The Balaban J connectivity index is 1.94. The molecule has 2 N–H and O–H groups in total. The van der Waals surface area contributed by atoms with Gasteiger partial charge in [-0.3, -0.25) is 9.69 Å². The summed E-state index contributed by atoms with van der Waals surface area (Å²) in [5.74, 6) is -0.870. The zero-order valence-corrected chi connectivity index (χ0v) is 9.28. The molecule has 0 amide bonds. The third-order valence-corrected chi connectivity index (χ3v) is 3.49. The second kappa shape index (κ2) is 4.49. The predicted octanol–water partition coefficient (Wildman–Crippen LogP) is 0.533. The quantitative estimate of drug-likeness (QED) is 0.714. The van der Waals surface area contributed by atoms with Crippen LogP contribution in [0.1, 0.15) is 26.2 Å². The van der Waals surface area contributed by atoms with Crippen LogP contribution >= 0.6 is 0 Å². The normalized spacial score (nSPS) is 32.9. The summed E-state index contributed by atoms with van der Waals surface area (Å²) in [5, 5.41) is 12.5. The minimum Gasteiger partial charge on any atom is -0.481 e. The van der Waals surface area contributed by atoms with Crippen molar-refractivity contribution in [3.8, 4) is 0 Å². The molecule has 1 saturated carbocycles. The molecular weight excluding hydrogens is 192 g/mol. The Morgan fingerprint density at radius 3 is 2.73 bits per heavy atom. The average molecular weight is 212 g/mol. The number of piperidine rings is 1. The molecule has 2 fully saturated rings. The molecule has 86 valence electrons. The molecule has 1 saturated heterocycles. The van der Waals surface area contributed by atoms with E-state index in [4.69, 9.17) is 0 Å². The molecule has 15 heavy (non-hydrogen) atoms. The summed E-state index contributed by atoms with van der Waals surface area (Å²) in [4.78, 5) is 13.5. The highest BCUT2D eigenvalue weighted by Crippen LogP contribution is 2.31. The first-order valence-corrected chi connectivity index (χ1v) is 5.92. The first-order chi connectivity index (χ1) is 7.22. The van der Waals surface area contributed by atoms with Crippen molar-refractivity contribution in [3.63, 3.8) is 0 Å². The van der Waals surface area contributed by atoms with Crippen LogP contribution in [0.15, 0.2) is 0 Å². The number of carboxylic acids is 1. The minimum atomic E-state index is -0.647. The van der Waals surface area contributed by atoms with E-state index in [2.05, 4.69) is 10.2 Å². The van der Waals surface area contributed by atoms with Gasteiger partial charge in [0, 0.05) is 18.6 Å². The highest BCUT2D eigenvalue weighted by Gasteiger charge is 2.39. The maximum atomic E-state index is 11.2. The Morgan fingerprint density at radius 2 is 2.20 bits per heavy atom. The summed E-state index contributed by atoms with van der Waals surface area (Å²) < 4.78 is 0. The van der Waals surface area contributed by atoms with Gasteiger partial charge < -0.3 is 10.4 Å². The summed E-state index contributed by atoms with van der Waals surface area (Å²) in [6.07, 6.45) is 3.50. The van der Waals surface area contributed by atoms with E-state index < -0.39 is 5.97 Å². The van der Waals surface area contributed by atoms with Gasteiger partial charge in [-0.15, -0.1) is 0 Å². The van der Waals surface area contributed by atoms with E-state index in [9.17, 15) is 9.90 Å². The SMILES string of the molecule is CCNC1CCN(C2CC2)CC1C(=O)O. The second-order valence-electron chi connectivity index (χ2n) is 4.62. The maximum absolute atomic E-state index is 11.2. The molecule has 1 heterocycles. The van der Waals surface area contributed by atoms with Gasteiger partial charge in [-0.1, -0.05) is 6.92 Å². The van der Waals surface area contributed by atoms with Gasteiger partial charge in [0.05, 0.1) is 5.92 Å². The van der Waals surface area contributed by atoms with Crippen LogP contribution in [0, 0.1) is 5.92 Å². The lowest BCUT2D eigenvalue weighted by Gasteiger charge is -2.37. The van der Waals surface area contributed by atoms with E-state index in [0.29, 0.717) is 6.04 Å². The number of hydrogen-bond acceptors (Lipinski definition) is 3. The zero-order chi connectivity index (χ0) is 10.8. The lowest BCUT2D eigenvalue weighted by Crippen LogP contribution is -2.52. The number of rotatable bonds is 4. The fourth-order valence-electron chi connectivity index (χ4n) is 2.51. The van der Waals surface area contributed by atoms with Gasteiger partial charge in [0.15, 0.2) is 0 Å². The van der Waals surface area contributed by atoms with Gasteiger partial charge >= 0.3 is 5.97 Å². The van der Waals surface area contributed by atoms with E-state index in [1.54, 1.807) is 0 Å². The Morgan fingerprint density at radius 1 is 1.47 bits per heavy atom. The zero-order valence-electron chi connectivity index (χ0n) is 9.28. The molecule has 1 aliphatic carbocycles. The smallest absolute Gasteiger partial charge is 0.309 e. The minimum absolute atomic E-state index is 0.169. The van der Waals surface area contributed by atoms with Crippen molar-refractivity contribution in [1.29, 1.82) is 0 Å². The molecule has 4 nitrogen and oxygen atoms in total. The van der Waals surface area contributed by atoms with Crippen molar-refractivity contribution in [2.24, 2.45) is 5.92 Å². The van der Waals surface area contributed by atoms with Gasteiger partial charge in [-0.25, -0.2) is 0 Å². The molecule has 1 aliphatic heterocycles. The first kappa shape index (κ1) is 10.9. The molecule has 4 heteroatoms. The second-order valence-corrected chi connectivity index (χ2v) is 4.62. The van der Waals surface area contributed by atoms with Crippen LogP contribution < -0.4 is 5.32 Å². The molecule has 2 rings (SSSR count). The lowest BCUT2D eigenvalue weighted by molar-refractivity contribution is -0.144. The average Bonchev–Trinajstić information content (AvgIpc) is 3.02. The van der Waals surface area contributed by atoms with Crippen molar-refractivity contribution in [1.82, 2.24) is 10.2 Å². The number of likely N-dealkylation sites (tertiary alicyclic amines) is 1. The number of nitrogens with one attached hydrogen (secondary N) is 1. The summed E-state index contributed by atoms with van der Waals surface area (Å²) >= 11 is 0. The van der Waals surface area contributed by atoms with E-state index in [1.165, 1.54) is 12.8 Å². The van der Waals surface area contributed by atoms with Crippen molar-refractivity contribution in [2.45, 2.75) is 38.3 Å². The fourth-order valence-corrected chi connectivity index (χ4v) is 2.51. The van der Waals surface area contributed by atoms with E-state index in [1.807, 2.05) is 6.92 Å². The molecule has 2 atom stereocenters. The molecule has 2 unspecified atom stereocenters. The number of carboxylic acid groups (broad SMARTS) is 1. The van der Waals surface area contributed by atoms with Crippen LogP contribution in [0.3, 0.4) is 0 Å². The van der Waals surface area contributed by atoms with E-state index in [0.717, 1.165) is 26.1 Å². The predicted molar refractivity (Wildman–Crippen MR) is 57.8 cm³/mol. The summed E-state index contributed by atoms with van der Waals surface area (Å²) in [6.45, 7) is 4.69. The van der Waals surface area contributed by atoms with Gasteiger partial charge in [-0.05, 0) is 32.4 Å². The molecule has 2 aliphatic rings. The third-order valence-electron chi connectivity index (χ3n) is 3.49. The molecule has 0 radical (unpaired) electrons. The Labute approximate surface area is 90.6 Å². The Bertz CT molecular complexity index is 241. The summed E-state index contributed by atoms with van der Waals surface area (Å²) in [6, 6.07) is 0.858. The van der Waals surface area contributed by atoms with Crippen LogP contribution in [0.2, 0.25) is 0 Å². The standard InChI is InChI=1S/C11H20N2O2/c1-2-12-10-5-6-13(8-3-4-8)7-9(10)11(14)15/h8-10,12H,2-7H2,1H3,(H,14,15). The Kier molecular flexibility index (Phi) is 3.26. The van der Waals surface area contributed by atoms with E-state index in [-0.39, 0.29) is 12.0 Å². The maximum Gasteiger partial charge on any atom is 0.309 e. The number of aliphatic carboxylic acids is 1. The molecule has 0 bridgehead atoms. The van der Waals surface area contributed by atoms with Gasteiger partial charge in [0.25, 0.3) is 0 Å². The first-order valence-electron chi connectivity index (χ1n) is 5.92. The molecule has 0 aromatic carbocycles. The molecule has 0 aromatic heterocycles. The number of hydrogen-bond donors (Lipinski definition) is 2. The van der Waals surface area contributed by atoms with Crippen LogP contribution in [0.5, 0.6) is 0 Å². The van der Waals surface area contributed by atoms with Crippen molar-refractivity contribution < 1.29 is 9.90 Å². The van der Waals surface area contributed by atoms with Crippen LogP contribution in [0.25, 0.3) is 0 Å². The summed E-state index contributed by atoms with van der Waals surface area (Å²) in [7, 11) is 0. The monoisotopic (exact) mass is 212 g/mol. The Hall–Kier alpha value is -0.610. The topological polar surface area (TPSA) is 52.6 Å². The molecular formula is C11H20N2O2. The molecule has 0 spiro atoms. The molecule has 0 aromatic rings. The fraction of sp³-hybridized carbons (Fsp3) is 0.909. The van der Waals surface area contributed by atoms with Gasteiger partial charge in [-0.2, -0.15) is 0 Å². The van der Waals surface area contributed by atoms with Crippen LogP contribution in [-0.4, -0.2) is 47.7 Å². The summed E-state index contributed by atoms with van der Waals surface area (Å²) in [5.41, 5.74) is 0. The highest BCUT2D eigenvalue weighted by atomic mass is 16.4. The van der Waals surface area contributed by atoms with Crippen LogP contribution in [0.4, 0.5) is 0 Å². The number of nitrogens with zero attached hydrogens (tertiary/aromatic N) is 1. The van der Waals surface area contributed by atoms with E-state index >= 15 is 0 Å². The van der Waals surface area contributed by atoms with Crippen molar-refractivity contribution in [3.05, 3.63) is 0 Å². The largest absolute Gasteiger partial charge is 0.481 e. The van der Waals surface area contributed by atoms with Gasteiger partial charge in [0.1, 0.15) is 0 Å². The highest BCUT2D eigenvalue weighted by molar-refractivity contribution is 5.71. The lowest BCUT2D eigenvalue weighted by atomic mass is 9.92.